The van der Waals surface area contributed by atoms with Crippen molar-refractivity contribution in [3.8, 4) is 0 Å². The molecule has 1 aliphatic heterocycles. The number of hydrogen-bond donors (Lipinski definition) is 2. The van der Waals surface area contributed by atoms with Crippen molar-refractivity contribution in [2.24, 2.45) is 4.99 Å². The van der Waals surface area contributed by atoms with Gasteiger partial charge in [-0.05, 0) is 6.92 Å². The first-order valence-corrected chi connectivity index (χ1v) is 6.75. The SMILES string of the molecule is CN=C(NCC1(OC)CCOCC1)NC(C)COC.I. The zero-order valence-corrected chi connectivity index (χ0v) is 15.2. The van der Waals surface area contributed by atoms with E-state index in [-0.39, 0.29) is 35.6 Å². The maximum Gasteiger partial charge on any atom is 0.191 e. The quantitative estimate of drug-likeness (QED) is 0.395. The average molecular weight is 401 g/mol. The summed E-state index contributed by atoms with van der Waals surface area (Å²) in [5.41, 5.74) is -0.152. The van der Waals surface area contributed by atoms with Gasteiger partial charge in [-0.25, -0.2) is 0 Å². The van der Waals surface area contributed by atoms with Crippen LogP contribution in [0, 0.1) is 0 Å². The van der Waals surface area contributed by atoms with Gasteiger partial charge < -0.3 is 24.8 Å². The van der Waals surface area contributed by atoms with Crippen molar-refractivity contribution in [3.63, 3.8) is 0 Å². The molecule has 0 aromatic rings. The Morgan fingerprint density at radius 1 is 1.35 bits per heavy atom. The van der Waals surface area contributed by atoms with E-state index in [0.29, 0.717) is 6.61 Å². The van der Waals surface area contributed by atoms with Crippen LogP contribution < -0.4 is 10.6 Å². The third kappa shape index (κ3) is 6.55. The number of nitrogens with one attached hydrogen (secondary N) is 2. The predicted octanol–water partition coefficient (Wildman–Crippen LogP) is 1.000. The molecule has 20 heavy (non-hydrogen) atoms. The second kappa shape index (κ2) is 10.6. The Balaban J connectivity index is 0.00000361. The van der Waals surface area contributed by atoms with Gasteiger partial charge >= 0.3 is 0 Å². The van der Waals surface area contributed by atoms with Crippen LogP contribution in [0.3, 0.4) is 0 Å². The average Bonchev–Trinajstić information content (AvgIpc) is 2.44. The van der Waals surface area contributed by atoms with Gasteiger partial charge in [0.1, 0.15) is 0 Å². The molecule has 1 heterocycles. The summed E-state index contributed by atoms with van der Waals surface area (Å²) in [6.07, 6.45) is 1.81. The van der Waals surface area contributed by atoms with Gasteiger partial charge in [-0.1, -0.05) is 0 Å². The van der Waals surface area contributed by atoms with Crippen LogP contribution in [0.2, 0.25) is 0 Å². The fraction of sp³-hybridized carbons (Fsp3) is 0.923. The van der Waals surface area contributed by atoms with Gasteiger partial charge in [0.15, 0.2) is 5.96 Å². The Labute approximate surface area is 139 Å². The molecule has 6 nitrogen and oxygen atoms in total. The van der Waals surface area contributed by atoms with E-state index in [1.54, 1.807) is 21.3 Å². The number of nitrogens with zero attached hydrogens (tertiary/aromatic N) is 1. The first-order valence-electron chi connectivity index (χ1n) is 6.75. The molecule has 1 unspecified atom stereocenters. The van der Waals surface area contributed by atoms with E-state index < -0.39 is 0 Å². The molecule has 1 fully saturated rings. The molecule has 0 aromatic carbocycles. The third-order valence-corrected chi connectivity index (χ3v) is 3.44. The lowest BCUT2D eigenvalue weighted by Gasteiger charge is -2.36. The molecule has 0 amide bonds. The minimum Gasteiger partial charge on any atom is -0.383 e. The van der Waals surface area contributed by atoms with Crippen LogP contribution in [0.4, 0.5) is 0 Å². The van der Waals surface area contributed by atoms with E-state index in [1.807, 2.05) is 0 Å². The molecular weight excluding hydrogens is 373 g/mol. The number of methoxy groups -OCH3 is 2. The highest BCUT2D eigenvalue weighted by Crippen LogP contribution is 2.23. The molecule has 1 atom stereocenters. The van der Waals surface area contributed by atoms with Gasteiger partial charge in [0.25, 0.3) is 0 Å². The molecule has 0 spiro atoms. The van der Waals surface area contributed by atoms with Gasteiger partial charge in [-0.15, -0.1) is 24.0 Å². The van der Waals surface area contributed by atoms with Gasteiger partial charge in [0, 0.05) is 59.9 Å². The molecule has 1 aliphatic rings. The number of rotatable bonds is 6. The molecule has 0 bridgehead atoms. The van der Waals surface area contributed by atoms with Crippen LogP contribution in [0.15, 0.2) is 4.99 Å². The smallest absolute Gasteiger partial charge is 0.191 e. The summed E-state index contributed by atoms with van der Waals surface area (Å²) in [6, 6.07) is 0.212. The summed E-state index contributed by atoms with van der Waals surface area (Å²) >= 11 is 0. The Bertz CT molecular complexity index is 284. The minimum absolute atomic E-state index is 0. The molecule has 120 valence electrons. The fourth-order valence-electron chi connectivity index (χ4n) is 2.16. The molecule has 7 heteroatoms. The zero-order valence-electron chi connectivity index (χ0n) is 12.9. The van der Waals surface area contributed by atoms with E-state index in [2.05, 4.69) is 22.5 Å². The van der Waals surface area contributed by atoms with Crippen molar-refractivity contribution >= 4 is 29.9 Å². The van der Waals surface area contributed by atoms with Gasteiger partial charge in [0.2, 0.25) is 0 Å². The monoisotopic (exact) mass is 401 g/mol. The van der Waals surface area contributed by atoms with Gasteiger partial charge in [-0.2, -0.15) is 0 Å². The van der Waals surface area contributed by atoms with Crippen molar-refractivity contribution in [1.29, 1.82) is 0 Å². The Hall–Kier alpha value is -0.120. The predicted molar refractivity (Wildman–Crippen MR) is 91.0 cm³/mol. The highest BCUT2D eigenvalue weighted by atomic mass is 127. The van der Waals surface area contributed by atoms with E-state index in [4.69, 9.17) is 14.2 Å². The molecule has 1 rings (SSSR count). The molecule has 1 saturated heterocycles. The molecular formula is C13H28IN3O3. The lowest BCUT2D eigenvalue weighted by Crippen LogP contribution is -2.52. The summed E-state index contributed by atoms with van der Waals surface area (Å²) in [6.45, 7) is 4.93. The summed E-state index contributed by atoms with van der Waals surface area (Å²) in [5, 5.41) is 6.60. The molecule has 0 radical (unpaired) electrons. The van der Waals surface area contributed by atoms with Gasteiger partial charge in [0.05, 0.1) is 12.2 Å². The van der Waals surface area contributed by atoms with Crippen LogP contribution in [0.25, 0.3) is 0 Å². The third-order valence-electron chi connectivity index (χ3n) is 3.44. The van der Waals surface area contributed by atoms with Crippen LogP contribution in [0.1, 0.15) is 19.8 Å². The number of ether oxygens (including phenoxy) is 3. The highest BCUT2D eigenvalue weighted by Gasteiger charge is 2.32. The van der Waals surface area contributed by atoms with E-state index in [1.165, 1.54) is 0 Å². The van der Waals surface area contributed by atoms with Crippen LogP contribution in [-0.4, -0.2) is 65.2 Å². The first-order chi connectivity index (χ1) is 9.15. The second-order valence-corrected chi connectivity index (χ2v) is 4.93. The number of aliphatic imine (C=N–C) groups is 1. The van der Waals surface area contributed by atoms with Gasteiger partial charge in [-0.3, -0.25) is 4.99 Å². The maximum absolute atomic E-state index is 5.68. The lowest BCUT2D eigenvalue weighted by molar-refractivity contribution is -0.0855. The molecule has 0 aliphatic carbocycles. The fourth-order valence-corrected chi connectivity index (χ4v) is 2.16. The van der Waals surface area contributed by atoms with Crippen molar-refractivity contribution in [2.75, 3.05) is 47.6 Å². The standard InChI is InChI=1S/C13H27N3O3.HI/c1-11(9-17-3)16-12(14-2)15-10-13(18-4)5-7-19-8-6-13;/h11H,5-10H2,1-4H3,(H2,14,15,16);1H. The highest BCUT2D eigenvalue weighted by molar-refractivity contribution is 14.0. The molecule has 2 N–H and O–H groups in total. The largest absolute Gasteiger partial charge is 0.383 e. The van der Waals surface area contributed by atoms with Crippen molar-refractivity contribution in [2.45, 2.75) is 31.4 Å². The zero-order chi connectivity index (χ0) is 14.1. The Morgan fingerprint density at radius 2 is 2.00 bits per heavy atom. The Morgan fingerprint density at radius 3 is 2.50 bits per heavy atom. The minimum atomic E-state index is -0.152. The summed E-state index contributed by atoms with van der Waals surface area (Å²) < 4.78 is 16.2. The van der Waals surface area contributed by atoms with E-state index in [0.717, 1.165) is 38.6 Å². The normalized spacial score (nSPS) is 19.9. The number of halogens is 1. The summed E-state index contributed by atoms with van der Waals surface area (Å²) in [5.74, 6) is 0.771. The molecule has 0 aromatic heterocycles. The lowest BCUT2D eigenvalue weighted by atomic mass is 9.94. The van der Waals surface area contributed by atoms with E-state index in [9.17, 15) is 0 Å². The summed E-state index contributed by atoms with van der Waals surface area (Å²) in [7, 11) is 5.21. The topological polar surface area (TPSA) is 64.1 Å². The second-order valence-electron chi connectivity index (χ2n) is 4.93. The summed E-state index contributed by atoms with van der Waals surface area (Å²) in [4.78, 5) is 4.21. The molecule has 0 saturated carbocycles. The number of guanidine groups is 1. The Kier molecular flexibility index (Phi) is 10.5. The van der Waals surface area contributed by atoms with Crippen LogP contribution in [0.5, 0.6) is 0 Å². The van der Waals surface area contributed by atoms with Crippen molar-refractivity contribution < 1.29 is 14.2 Å². The number of hydrogen-bond acceptors (Lipinski definition) is 4. The maximum atomic E-state index is 5.68. The van der Waals surface area contributed by atoms with Crippen molar-refractivity contribution in [1.82, 2.24) is 10.6 Å². The first kappa shape index (κ1) is 19.9. The van der Waals surface area contributed by atoms with Crippen LogP contribution in [-0.2, 0) is 14.2 Å². The van der Waals surface area contributed by atoms with E-state index >= 15 is 0 Å². The van der Waals surface area contributed by atoms with Crippen molar-refractivity contribution in [3.05, 3.63) is 0 Å². The van der Waals surface area contributed by atoms with Crippen LogP contribution >= 0.6 is 24.0 Å².